The maximum atomic E-state index is 10.8. The first kappa shape index (κ1) is 15.4. The molecule has 0 amide bonds. The molecular formula is C16H21N3O2. The highest BCUT2D eigenvalue weighted by molar-refractivity contribution is 5.81. The van der Waals surface area contributed by atoms with Gasteiger partial charge in [-0.05, 0) is 31.5 Å². The Morgan fingerprint density at radius 3 is 2.67 bits per heavy atom. The van der Waals surface area contributed by atoms with Crippen LogP contribution in [0.1, 0.15) is 26.0 Å². The Morgan fingerprint density at radius 2 is 2.05 bits per heavy atom. The zero-order valence-electron chi connectivity index (χ0n) is 12.7. The van der Waals surface area contributed by atoms with E-state index in [1.807, 2.05) is 19.2 Å². The number of aromatic nitrogens is 1. The maximum Gasteiger partial charge on any atom is 0.270 e. The molecular weight excluding hydrogens is 266 g/mol. The van der Waals surface area contributed by atoms with Gasteiger partial charge in [-0.1, -0.05) is 19.9 Å². The number of pyridine rings is 1. The highest BCUT2D eigenvalue weighted by atomic mass is 16.6. The lowest BCUT2D eigenvalue weighted by Crippen LogP contribution is -2.29. The quantitative estimate of drug-likeness (QED) is 0.653. The van der Waals surface area contributed by atoms with Crippen LogP contribution in [0.2, 0.25) is 0 Å². The highest BCUT2D eigenvalue weighted by Gasteiger charge is 2.12. The molecule has 1 N–H and O–H groups in total. The van der Waals surface area contributed by atoms with E-state index in [0.717, 1.165) is 29.4 Å². The number of fused-ring (bicyclic) bond motifs is 1. The lowest BCUT2D eigenvalue weighted by atomic mass is 9.99. The molecule has 0 bridgehead atoms. The van der Waals surface area contributed by atoms with E-state index in [-0.39, 0.29) is 10.6 Å². The van der Waals surface area contributed by atoms with Crippen molar-refractivity contribution >= 4 is 16.6 Å². The van der Waals surface area contributed by atoms with Gasteiger partial charge in [0.05, 0.1) is 10.4 Å². The predicted molar refractivity (Wildman–Crippen MR) is 84.4 cm³/mol. The van der Waals surface area contributed by atoms with Crippen molar-refractivity contribution < 1.29 is 4.92 Å². The van der Waals surface area contributed by atoms with Gasteiger partial charge in [0, 0.05) is 35.7 Å². The largest absolute Gasteiger partial charge is 0.317 e. The van der Waals surface area contributed by atoms with Gasteiger partial charge in [-0.25, -0.2) is 0 Å². The number of benzene rings is 1. The molecule has 2 rings (SSSR count). The Hall–Kier alpha value is -2.01. The smallest absolute Gasteiger partial charge is 0.270 e. The molecule has 1 aromatic carbocycles. The van der Waals surface area contributed by atoms with Gasteiger partial charge < -0.3 is 5.32 Å². The second kappa shape index (κ2) is 6.63. The van der Waals surface area contributed by atoms with Crippen LogP contribution in [-0.2, 0) is 6.42 Å². The zero-order chi connectivity index (χ0) is 15.4. The third-order valence-electron chi connectivity index (χ3n) is 3.56. The molecule has 5 heteroatoms. The van der Waals surface area contributed by atoms with Crippen molar-refractivity contribution in [1.29, 1.82) is 0 Å². The number of hydrogen-bond acceptors (Lipinski definition) is 4. The van der Waals surface area contributed by atoms with Gasteiger partial charge in [0.15, 0.2) is 0 Å². The second-order valence-electron chi connectivity index (χ2n) is 5.76. The van der Waals surface area contributed by atoms with Crippen LogP contribution in [0.15, 0.2) is 30.3 Å². The van der Waals surface area contributed by atoms with Gasteiger partial charge in [0.1, 0.15) is 0 Å². The Bertz CT molecular complexity index is 640. The molecule has 0 spiro atoms. The molecule has 21 heavy (non-hydrogen) atoms. The van der Waals surface area contributed by atoms with E-state index in [2.05, 4.69) is 24.1 Å². The number of nitrogens with one attached hydrogen (secondary N) is 1. The second-order valence-corrected chi connectivity index (χ2v) is 5.76. The van der Waals surface area contributed by atoms with Crippen molar-refractivity contribution in [2.24, 2.45) is 5.92 Å². The van der Waals surface area contributed by atoms with Crippen LogP contribution in [0, 0.1) is 16.0 Å². The van der Waals surface area contributed by atoms with E-state index in [1.54, 1.807) is 12.1 Å². The molecule has 1 unspecified atom stereocenters. The molecule has 0 aliphatic rings. The van der Waals surface area contributed by atoms with Crippen LogP contribution in [-0.4, -0.2) is 23.0 Å². The molecule has 5 nitrogen and oxygen atoms in total. The van der Waals surface area contributed by atoms with E-state index < -0.39 is 0 Å². The number of nitro groups is 1. The van der Waals surface area contributed by atoms with Crippen LogP contribution >= 0.6 is 0 Å². The average molecular weight is 287 g/mol. The Balaban J connectivity index is 2.22. The predicted octanol–water partition coefficient (Wildman–Crippen LogP) is 3.32. The van der Waals surface area contributed by atoms with Crippen LogP contribution in [0.25, 0.3) is 10.9 Å². The van der Waals surface area contributed by atoms with Crippen LogP contribution in [0.5, 0.6) is 0 Å². The SMILES string of the molecule is CNC(Cc1ccc2cc([N+](=O)[O-])ccc2n1)CC(C)C. The lowest BCUT2D eigenvalue weighted by molar-refractivity contribution is -0.384. The lowest BCUT2D eigenvalue weighted by Gasteiger charge is -2.18. The van der Waals surface area contributed by atoms with Gasteiger partial charge in [-0.3, -0.25) is 15.1 Å². The number of non-ortho nitro benzene ring substituents is 1. The van der Waals surface area contributed by atoms with Crippen molar-refractivity contribution in [2.75, 3.05) is 7.05 Å². The van der Waals surface area contributed by atoms with Gasteiger partial charge in [-0.15, -0.1) is 0 Å². The van der Waals surface area contributed by atoms with E-state index in [0.29, 0.717) is 12.0 Å². The van der Waals surface area contributed by atoms with Crippen molar-refractivity contribution in [3.05, 3.63) is 46.1 Å². The standard InChI is InChI=1S/C16H21N3O2/c1-11(2)8-14(17-3)10-13-5-4-12-9-15(19(20)21)6-7-16(12)18-13/h4-7,9,11,14,17H,8,10H2,1-3H3. The van der Waals surface area contributed by atoms with Gasteiger partial charge in [-0.2, -0.15) is 0 Å². The normalized spacial score (nSPS) is 12.8. The molecule has 0 saturated heterocycles. The van der Waals surface area contributed by atoms with Gasteiger partial charge in [0.25, 0.3) is 5.69 Å². The van der Waals surface area contributed by atoms with Crippen molar-refractivity contribution in [2.45, 2.75) is 32.7 Å². The number of hydrogen-bond donors (Lipinski definition) is 1. The first-order valence-corrected chi connectivity index (χ1v) is 7.21. The number of likely N-dealkylation sites (N-methyl/N-ethyl adjacent to an activating group) is 1. The van der Waals surface area contributed by atoms with Crippen LogP contribution in [0.3, 0.4) is 0 Å². The van der Waals surface area contributed by atoms with E-state index >= 15 is 0 Å². The van der Waals surface area contributed by atoms with E-state index in [4.69, 9.17) is 0 Å². The molecule has 1 heterocycles. The Kier molecular flexibility index (Phi) is 4.85. The molecule has 112 valence electrons. The Morgan fingerprint density at radius 1 is 1.29 bits per heavy atom. The summed E-state index contributed by atoms with van der Waals surface area (Å²) >= 11 is 0. The van der Waals surface area contributed by atoms with Gasteiger partial charge in [0.2, 0.25) is 0 Å². The summed E-state index contributed by atoms with van der Waals surface area (Å²) in [6, 6.07) is 9.04. The zero-order valence-corrected chi connectivity index (χ0v) is 12.7. The first-order valence-electron chi connectivity index (χ1n) is 7.21. The fraction of sp³-hybridized carbons (Fsp3) is 0.438. The minimum atomic E-state index is -0.382. The summed E-state index contributed by atoms with van der Waals surface area (Å²) in [4.78, 5) is 15.0. The van der Waals surface area contributed by atoms with E-state index in [1.165, 1.54) is 6.07 Å². The molecule has 1 aromatic heterocycles. The fourth-order valence-corrected chi connectivity index (χ4v) is 2.51. The summed E-state index contributed by atoms with van der Waals surface area (Å²) in [5.74, 6) is 0.630. The third-order valence-corrected chi connectivity index (χ3v) is 3.56. The number of rotatable bonds is 6. The molecule has 0 saturated carbocycles. The summed E-state index contributed by atoms with van der Waals surface area (Å²) in [6.07, 6.45) is 1.96. The van der Waals surface area contributed by atoms with Gasteiger partial charge >= 0.3 is 0 Å². The topological polar surface area (TPSA) is 68.1 Å². The van der Waals surface area contributed by atoms with Crippen molar-refractivity contribution in [3.63, 3.8) is 0 Å². The van der Waals surface area contributed by atoms with Crippen LogP contribution in [0.4, 0.5) is 5.69 Å². The Labute approximate surface area is 124 Å². The van der Waals surface area contributed by atoms with Crippen molar-refractivity contribution in [3.8, 4) is 0 Å². The minimum absolute atomic E-state index is 0.102. The molecule has 1 atom stereocenters. The van der Waals surface area contributed by atoms with E-state index in [9.17, 15) is 10.1 Å². The average Bonchev–Trinajstić information content (AvgIpc) is 2.45. The number of nitrogens with zero attached hydrogens (tertiary/aromatic N) is 2. The molecule has 2 aromatic rings. The molecule has 0 fully saturated rings. The van der Waals surface area contributed by atoms with Crippen LogP contribution < -0.4 is 5.32 Å². The summed E-state index contributed by atoms with van der Waals surface area (Å²) < 4.78 is 0. The molecule has 0 aliphatic heterocycles. The molecule has 0 aliphatic carbocycles. The summed E-state index contributed by atoms with van der Waals surface area (Å²) in [6.45, 7) is 4.41. The molecule has 0 radical (unpaired) electrons. The minimum Gasteiger partial charge on any atom is -0.317 e. The summed E-state index contributed by atoms with van der Waals surface area (Å²) in [5, 5.41) is 14.9. The highest BCUT2D eigenvalue weighted by Crippen LogP contribution is 2.20. The van der Waals surface area contributed by atoms with Crippen molar-refractivity contribution in [1.82, 2.24) is 10.3 Å². The summed E-state index contributed by atoms with van der Waals surface area (Å²) in [5.41, 5.74) is 1.92. The third kappa shape index (κ3) is 3.98. The first-order chi connectivity index (χ1) is 9.99. The monoisotopic (exact) mass is 287 g/mol. The summed E-state index contributed by atoms with van der Waals surface area (Å²) in [7, 11) is 1.97. The maximum absolute atomic E-state index is 10.8. The fourth-order valence-electron chi connectivity index (χ4n) is 2.51. The number of nitro benzene ring substituents is 1.